The minimum atomic E-state index is 0.289. The van der Waals surface area contributed by atoms with Crippen molar-refractivity contribution in [2.24, 2.45) is 0 Å². The molecule has 2 N–H and O–H groups in total. The maximum absolute atomic E-state index is 3.95. The zero-order valence-electron chi connectivity index (χ0n) is 11.4. The monoisotopic (exact) mass is 255 g/mol. The van der Waals surface area contributed by atoms with Gasteiger partial charge in [0.05, 0.1) is 11.7 Å². The van der Waals surface area contributed by atoms with Crippen LogP contribution < -0.4 is 5.32 Å². The standard InChI is InChI=1S/C16H21N3/c1-4-15(11-10-13(2)17-3)19-12-16(18-19)14-8-6-5-7-9-14/h4-9,12,15,17-18H,1-2,10-11H2,3H3. The van der Waals surface area contributed by atoms with Gasteiger partial charge in [-0.25, -0.2) is 0 Å². The van der Waals surface area contributed by atoms with Gasteiger partial charge in [0.15, 0.2) is 0 Å². The highest BCUT2D eigenvalue weighted by atomic mass is 15.3. The molecule has 0 fully saturated rings. The number of benzene rings is 1. The molecule has 1 aromatic heterocycles. The van der Waals surface area contributed by atoms with Crippen LogP contribution in [-0.2, 0) is 0 Å². The van der Waals surface area contributed by atoms with Gasteiger partial charge in [0.25, 0.3) is 0 Å². The number of hydrogen-bond donors (Lipinski definition) is 2. The summed E-state index contributed by atoms with van der Waals surface area (Å²) >= 11 is 0. The van der Waals surface area contributed by atoms with Crippen LogP contribution in [0.5, 0.6) is 0 Å². The molecule has 19 heavy (non-hydrogen) atoms. The minimum Gasteiger partial charge on any atom is -0.392 e. The van der Waals surface area contributed by atoms with E-state index in [1.807, 2.05) is 31.3 Å². The van der Waals surface area contributed by atoms with E-state index in [9.17, 15) is 0 Å². The number of aromatic nitrogens is 2. The van der Waals surface area contributed by atoms with E-state index in [0.717, 1.165) is 24.2 Å². The highest BCUT2D eigenvalue weighted by molar-refractivity contribution is 5.58. The summed E-state index contributed by atoms with van der Waals surface area (Å²) in [5.41, 5.74) is 3.42. The quantitative estimate of drug-likeness (QED) is 0.726. The van der Waals surface area contributed by atoms with E-state index >= 15 is 0 Å². The lowest BCUT2D eigenvalue weighted by molar-refractivity contribution is 0.473. The average Bonchev–Trinajstić information content (AvgIpc) is 2.41. The van der Waals surface area contributed by atoms with Gasteiger partial charge in [0, 0.05) is 24.5 Å². The molecule has 0 aliphatic rings. The Kier molecular flexibility index (Phi) is 4.29. The topological polar surface area (TPSA) is 32.8 Å². The van der Waals surface area contributed by atoms with Crippen molar-refractivity contribution in [3.63, 3.8) is 0 Å². The summed E-state index contributed by atoms with van der Waals surface area (Å²) in [6.07, 6.45) is 6.03. The summed E-state index contributed by atoms with van der Waals surface area (Å²) in [5.74, 6) is 0. The van der Waals surface area contributed by atoms with Crippen molar-refractivity contribution >= 4 is 0 Å². The number of H-pyrrole nitrogens is 1. The predicted octanol–water partition coefficient (Wildman–Crippen LogP) is 3.72. The summed E-state index contributed by atoms with van der Waals surface area (Å²) in [6.45, 7) is 7.85. The maximum Gasteiger partial charge on any atom is 0.0792 e. The van der Waals surface area contributed by atoms with E-state index in [1.165, 1.54) is 5.56 Å². The Hall–Kier alpha value is -2.16. The van der Waals surface area contributed by atoms with Crippen molar-refractivity contribution in [3.8, 4) is 11.3 Å². The number of nitrogens with zero attached hydrogens (tertiary/aromatic N) is 1. The van der Waals surface area contributed by atoms with Crippen molar-refractivity contribution in [2.45, 2.75) is 18.9 Å². The molecule has 0 spiro atoms. The van der Waals surface area contributed by atoms with E-state index in [0.29, 0.717) is 0 Å². The van der Waals surface area contributed by atoms with Gasteiger partial charge in [-0.2, -0.15) is 0 Å². The van der Waals surface area contributed by atoms with Crippen molar-refractivity contribution in [2.75, 3.05) is 7.05 Å². The van der Waals surface area contributed by atoms with Gasteiger partial charge < -0.3 is 5.32 Å². The van der Waals surface area contributed by atoms with E-state index in [-0.39, 0.29) is 6.04 Å². The largest absolute Gasteiger partial charge is 0.392 e. The lowest BCUT2D eigenvalue weighted by Crippen LogP contribution is -2.17. The Bertz CT molecular complexity index is 521. The highest BCUT2D eigenvalue weighted by Crippen LogP contribution is 2.23. The molecule has 0 saturated heterocycles. The molecule has 0 bridgehead atoms. The van der Waals surface area contributed by atoms with Gasteiger partial charge in [-0.1, -0.05) is 43.0 Å². The molecular formula is C16H21N3. The molecule has 0 amide bonds. The molecule has 3 heteroatoms. The third-order valence-corrected chi connectivity index (χ3v) is 3.33. The Morgan fingerprint density at radius 1 is 1.42 bits per heavy atom. The molecule has 0 aliphatic heterocycles. The van der Waals surface area contributed by atoms with E-state index in [4.69, 9.17) is 0 Å². The first kappa shape index (κ1) is 13.3. The van der Waals surface area contributed by atoms with Gasteiger partial charge in [-0.3, -0.25) is 9.78 Å². The zero-order valence-corrected chi connectivity index (χ0v) is 11.4. The molecule has 2 aromatic rings. The molecule has 100 valence electrons. The minimum absolute atomic E-state index is 0.289. The van der Waals surface area contributed by atoms with Gasteiger partial charge in [-0.15, -0.1) is 6.58 Å². The number of aromatic amines is 1. The Morgan fingerprint density at radius 2 is 2.11 bits per heavy atom. The van der Waals surface area contributed by atoms with Crippen molar-refractivity contribution in [1.29, 1.82) is 0 Å². The Labute approximate surface area is 114 Å². The Morgan fingerprint density at radius 3 is 2.68 bits per heavy atom. The smallest absolute Gasteiger partial charge is 0.0792 e. The first-order valence-corrected chi connectivity index (χ1v) is 6.55. The second kappa shape index (κ2) is 6.14. The second-order valence-corrected chi connectivity index (χ2v) is 4.62. The lowest BCUT2D eigenvalue weighted by atomic mass is 10.1. The molecule has 2 rings (SSSR count). The van der Waals surface area contributed by atoms with Crippen LogP contribution in [0.4, 0.5) is 0 Å². The summed E-state index contributed by atoms with van der Waals surface area (Å²) in [4.78, 5) is 0. The van der Waals surface area contributed by atoms with Gasteiger partial charge >= 0.3 is 0 Å². The fourth-order valence-corrected chi connectivity index (χ4v) is 2.03. The lowest BCUT2D eigenvalue weighted by Gasteiger charge is -2.23. The van der Waals surface area contributed by atoms with Gasteiger partial charge in [0.1, 0.15) is 0 Å². The predicted molar refractivity (Wildman–Crippen MR) is 80.9 cm³/mol. The van der Waals surface area contributed by atoms with Gasteiger partial charge in [-0.05, 0) is 12.8 Å². The molecule has 0 saturated carbocycles. The highest BCUT2D eigenvalue weighted by Gasteiger charge is 2.11. The SMILES string of the molecule is C=CC(CCC(=C)NC)n1cc(-c2ccccc2)[nH]1. The maximum atomic E-state index is 3.95. The first-order chi connectivity index (χ1) is 9.24. The summed E-state index contributed by atoms with van der Waals surface area (Å²) in [6, 6.07) is 10.6. The van der Waals surface area contributed by atoms with Crippen LogP contribution in [0.2, 0.25) is 0 Å². The van der Waals surface area contributed by atoms with Crippen LogP contribution >= 0.6 is 0 Å². The summed E-state index contributed by atoms with van der Waals surface area (Å²) < 4.78 is 2.10. The second-order valence-electron chi connectivity index (χ2n) is 4.62. The normalized spacial score (nSPS) is 12.1. The summed E-state index contributed by atoms with van der Waals surface area (Å²) in [7, 11) is 1.90. The van der Waals surface area contributed by atoms with Crippen molar-refractivity contribution in [3.05, 3.63) is 61.5 Å². The van der Waals surface area contributed by atoms with E-state index in [2.05, 4.69) is 46.6 Å². The molecule has 3 nitrogen and oxygen atoms in total. The number of nitrogens with one attached hydrogen (secondary N) is 2. The van der Waals surface area contributed by atoms with Crippen LogP contribution in [0.3, 0.4) is 0 Å². The molecule has 0 aliphatic carbocycles. The van der Waals surface area contributed by atoms with Crippen LogP contribution in [0.15, 0.2) is 61.5 Å². The first-order valence-electron chi connectivity index (χ1n) is 6.55. The van der Waals surface area contributed by atoms with Crippen molar-refractivity contribution < 1.29 is 0 Å². The number of rotatable bonds is 7. The van der Waals surface area contributed by atoms with E-state index in [1.54, 1.807) is 0 Å². The van der Waals surface area contributed by atoms with Crippen LogP contribution in [-0.4, -0.2) is 16.8 Å². The molecule has 1 unspecified atom stereocenters. The number of allylic oxidation sites excluding steroid dienone is 2. The van der Waals surface area contributed by atoms with Crippen molar-refractivity contribution in [1.82, 2.24) is 15.1 Å². The average molecular weight is 255 g/mol. The van der Waals surface area contributed by atoms with Crippen LogP contribution in [0.1, 0.15) is 18.9 Å². The van der Waals surface area contributed by atoms with Crippen LogP contribution in [0.25, 0.3) is 11.3 Å². The molecular weight excluding hydrogens is 234 g/mol. The van der Waals surface area contributed by atoms with Crippen LogP contribution in [0, 0.1) is 0 Å². The van der Waals surface area contributed by atoms with E-state index < -0.39 is 0 Å². The summed E-state index contributed by atoms with van der Waals surface area (Å²) in [5, 5.41) is 6.43. The molecule has 1 aromatic carbocycles. The number of hydrogen-bond acceptors (Lipinski definition) is 1. The fourth-order valence-electron chi connectivity index (χ4n) is 2.03. The zero-order chi connectivity index (χ0) is 13.7. The third kappa shape index (κ3) is 3.19. The Balaban J connectivity index is 1.98. The van der Waals surface area contributed by atoms with Gasteiger partial charge in [0.2, 0.25) is 0 Å². The molecule has 1 heterocycles. The molecule has 0 radical (unpaired) electrons. The molecule has 1 atom stereocenters. The third-order valence-electron chi connectivity index (χ3n) is 3.33. The fraction of sp³-hybridized carbons (Fsp3) is 0.250.